The van der Waals surface area contributed by atoms with Crippen LogP contribution in [0.5, 0.6) is 11.5 Å². The molecule has 1 heterocycles. The molecule has 0 bridgehead atoms. The standard InChI is InChI=1S/C30H33NO5S/c1-5-35-30(33)28-27-20(3)10-8-12-25(27)37-29(28)31-26(32)16-14-21-13-15-23(24(17-21)34-4)36-18-22-11-7-6-9-19(22)2/h6-7,9,11,13-17,20H,5,8,10,12,18H2,1-4H3,(H,31,32)/b16-14+. The molecule has 0 fully saturated rings. The summed E-state index contributed by atoms with van der Waals surface area (Å²) in [7, 11) is 1.59. The van der Waals surface area contributed by atoms with Crippen molar-refractivity contribution in [2.75, 3.05) is 19.0 Å². The van der Waals surface area contributed by atoms with Gasteiger partial charge in [-0.05, 0) is 79.5 Å². The number of ether oxygens (including phenoxy) is 3. The molecule has 1 amide bonds. The molecule has 0 radical (unpaired) electrons. The van der Waals surface area contributed by atoms with Gasteiger partial charge in [0.1, 0.15) is 11.6 Å². The number of rotatable bonds is 9. The molecule has 3 aromatic rings. The topological polar surface area (TPSA) is 73.9 Å². The minimum absolute atomic E-state index is 0.264. The number of carbonyl (C=O) groups excluding carboxylic acids is 2. The zero-order valence-corrected chi connectivity index (χ0v) is 22.6. The summed E-state index contributed by atoms with van der Waals surface area (Å²) < 4.78 is 16.8. The van der Waals surface area contributed by atoms with Crippen molar-refractivity contribution >= 4 is 34.3 Å². The summed E-state index contributed by atoms with van der Waals surface area (Å²) in [6.45, 7) is 6.69. The van der Waals surface area contributed by atoms with E-state index in [4.69, 9.17) is 14.2 Å². The number of fused-ring (bicyclic) bond motifs is 1. The van der Waals surface area contributed by atoms with Crippen molar-refractivity contribution in [1.82, 2.24) is 0 Å². The van der Waals surface area contributed by atoms with Crippen molar-refractivity contribution in [2.24, 2.45) is 0 Å². The maximum Gasteiger partial charge on any atom is 0.341 e. The Hall–Kier alpha value is -3.58. The number of amides is 1. The number of benzene rings is 2. The fraction of sp³-hybridized carbons (Fsp3) is 0.333. The summed E-state index contributed by atoms with van der Waals surface area (Å²) in [4.78, 5) is 26.7. The second-order valence-corrected chi connectivity index (χ2v) is 10.2. The zero-order valence-electron chi connectivity index (χ0n) is 21.8. The summed E-state index contributed by atoms with van der Waals surface area (Å²) in [5.74, 6) is 0.791. The molecule has 1 aromatic heterocycles. The van der Waals surface area contributed by atoms with Crippen LogP contribution in [0.2, 0.25) is 0 Å². The summed E-state index contributed by atoms with van der Waals surface area (Å²) in [6.07, 6.45) is 6.19. The van der Waals surface area contributed by atoms with Gasteiger partial charge in [-0.1, -0.05) is 37.3 Å². The summed E-state index contributed by atoms with van der Waals surface area (Å²) in [5.41, 5.74) is 4.60. The van der Waals surface area contributed by atoms with E-state index in [-0.39, 0.29) is 24.4 Å². The number of anilines is 1. The SMILES string of the molecule is CCOC(=O)c1c(NC(=O)/C=C/c2ccc(OCc3ccccc3C)c(OC)c2)sc2c1C(C)CCC2. The van der Waals surface area contributed by atoms with Gasteiger partial charge in [0.25, 0.3) is 0 Å². The van der Waals surface area contributed by atoms with Crippen LogP contribution in [0.15, 0.2) is 48.5 Å². The molecule has 0 spiro atoms. The highest BCUT2D eigenvalue weighted by atomic mass is 32.1. The van der Waals surface area contributed by atoms with E-state index in [2.05, 4.69) is 25.2 Å². The summed E-state index contributed by atoms with van der Waals surface area (Å²) in [5, 5.41) is 3.48. The van der Waals surface area contributed by atoms with Crippen molar-refractivity contribution in [3.63, 3.8) is 0 Å². The first-order valence-corrected chi connectivity index (χ1v) is 13.4. The Kier molecular flexibility index (Phi) is 8.66. The largest absolute Gasteiger partial charge is 0.493 e. The number of thiophene rings is 1. The molecule has 1 atom stereocenters. The van der Waals surface area contributed by atoms with Gasteiger partial charge >= 0.3 is 5.97 Å². The van der Waals surface area contributed by atoms with Crippen LogP contribution < -0.4 is 14.8 Å². The van der Waals surface area contributed by atoms with Gasteiger partial charge in [0.15, 0.2) is 11.5 Å². The van der Waals surface area contributed by atoms with Gasteiger partial charge < -0.3 is 19.5 Å². The number of hydrogen-bond acceptors (Lipinski definition) is 6. The van der Waals surface area contributed by atoms with E-state index in [0.717, 1.165) is 40.8 Å². The molecule has 194 valence electrons. The molecule has 1 aliphatic rings. The van der Waals surface area contributed by atoms with Crippen LogP contribution in [-0.2, 0) is 22.6 Å². The molecule has 1 unspecified atom stereocenters. The minimum Gasteiger partial charge on any atom is -0.493 e. The maximum atomic E-state index is 12.8. The summed E-state index contributed by atoms with van der Waals surface area (Å²) >= 11 is 1.48. The number of nitrogens with one attached hydrogen (secondary N) is 1. The number of carbonyl (C=O) groups is 2. The molecule has 1 N–H and O–H groups in total. The van der Waals surface area contributed by atoms with Gasteiger partial charge in [-0.25, -0.2) is 4.79 Å². The van der Waals surface area contributed by atoms with E-state index in [1.165, 1.54) is 23.0 Å². The van der Waals surface area contributed by atoms with Crippen LogP contribution >= 0.6 is 11.3 Å². The highest BCUT2D eigenvalue weighted by molar-refractivity contribution is 7.17. The van der Waals surface area contributed by atoms with E-state index in [1.54, 1.807) is 20.1 Å². The van der Waals surface area contributed by atoms with Gasteiger partial charge in [-0.2, -0.15) is 0 Å². The molecule has 7 heteroatoms. The van der Waals surface area contributed by atoms with Crippen molar-refractivity contribution in [1.29, 1.82) is 0 Å². The van der Waals surface area contributed by atoms with Gasteiger partial charge in [0.05, 0.1) is 19.3 Å². The fourth-order valence-corrected chi connectivity index (χ4v) is 5.92. The molecule has 0 saturated heterocycles. The summed E-state index contributed by atoms with van der Waals surface area (Å²) in [6, 6.07) is 13.6. The third-order valence-corrected chi connectivity index (χ3v) is 7.71. The van der Waals surface area contributed by atoms with E-state index in [0.29, 0.717) is 28.7 Å². The second kappa shape index (κ2) is 12.1. The predicted molar refractivity (Wildman–Crippen MR) is 148 cm³/mol. The number of esters is 1. The van der Waals surface area contributed by atoms with Crippen LogP contribution in [0.1, 0.15) is 70.1 Å². The molecule has 37 heavy (non-hydrogen) atoms. The molecule has 2 aromatic carbocycles. The average molecular weight is 520 g/mol. The van der Waals surface area contributed by atoms with Gasteiger partial charge in [-0.15, -0.1) is 11.3 Å². The first kappa shape index (κ1) is 26.5. The van der Waals surface area contributed by atoms with Crippen LogP contribution in [0.3, 0.4) is 0 Å². The first-order valence-electron chi connectivity index (χ1n) is 12.6. The van der Waals surface area contributed by atoms with Gasteiger partial charge in [0, 0.05) is 11.0 Å². The van der Waals surface area contributed by atoms with Crippen molar-refractivity contribution < 1.29 is 23.8 Å². The fourth-order valence-electron chi connectivity index (χ4n) is 4.57. The van der Waals surface area contributed by atoms with Crippen LogP contribution in [0.4, 0.5) is 5.00 Å². The Morgan fingerprint density at radius 3 is 2.73 bits per heavy atom. The average Bonchev–Trinajstić information content (AvgIpc) is 3.26. The van der Waals surface area contributed by atoms with E-state index >= 15 is 0 Å². The number of methoxy groups -OCH3 is 1. The quantitative estimate of drug-likeness (QED) is 0.246. The monoisotopic (exact) mass is 519 g/mol. The lowest BCUT2D eigenvalue weighted by atomic mass is 9.86. The Morgan fingerprint density at radius 1 is 1.16 bits per heavy atom. The third kappa shape index (κ3) is 6.23. The molecular weight excluding hydrogens is 486 g/mol. The Bertz CT molecular complexity index is 1310. The molecule has 6 nitrogen and oxygen atoms in total. The Balaban J connectivity index is 1.47. The van der Waals surface area contributed by atoms with Crippen LogP contribution in [0, 0.1) is 6.92 Å². The molecular formula is C30H33NO5S. The van der Waals surface area contributed by atoms with Crippen molar-refractivity contribution in [3.05, 3.63) is 81.2 Å². The lowest BCUT2D eigenvalue weighted by Gasteiger charge is -2.19. The third-order valence-electron chi connectivity index (χ3n) is 6.53. The second-order valence-electron chi connectivity index (χ2n) is 9.10. The molecule has 1 aliphatic carbocycles. The Labute approximate surface area is 222 Å². The minimum atomic E-state index is -0.376. The normalized spacial score (nSPS) is 14.8. The predicted octanol–water partition coefficient (Wildman–Crippen LogP) is 6.91. The van der Waals surface area contributed by atoms with E-state index in [9.17, 15) is 9.59 Å². The van der Waals surface area contributed by atoms with Crippen molar-refractivity contribution in [3.8, 4) is 11.5 Å². The van der Waals surface area contributed by atoms with Crippen LogP contribution in [0.25, 0.3) is 6.08 Å². The van der Waals surface area contributed by atoms with Crippen LogP contribution in [-0.4, -0.2) is 25.6 Å². The highest BCUT2D eigenvalue weighted by Crippen LogP contribution is 2.43. The first-order chi connectivity index (χ1) is 17.9. The molecule has 0 saturated carbocycles. The number of aryl methyl sites for hydroxylation is 2. The van der Waals surface area contributed by atoms with E-state index < -0.39 is 0 Å². The van der Waals surface area contributed by atoms with Crippen molar-refractivity contribution in [2.45, 2.75) is 52.6 Å². The smallest absolute Gasteiger partial charge is 0.341 e. The Morgan fingerprint density at radius 2 is 1.97 bits per heavy atom. The van der Waals surface area contributed by atoms with Gasteiger partial charge in [-0.3, -0.25) is 4.79 Å². The number of hydrogen-bond donors (Lipinski definition) is 1. The maximum absolute atomic E-state index is 12.8. The molecule has 0 aliphatic heterocycles. The molecule has 4 rings (SSSR count). The lowest BCUT2D eigenvalue weighted by Crippen LogP contribution is -2.15. The zero-order chi connectivity index (χ0) is 26.4. The lowest BCUT2D eigenvalue weighted by molar-refractivity contribution is -0.111. The highest BCUT2D eigenvalue weighted by Gasteiger charge is 2.30. The van der Waals surface area contributed by atoms with Gasteiger partial charge in [0.2, 0.25) is 5.91 Å². The van der Waals surface area contributed by atoms with E-state index in [1.807, 2.05) is 36.4 Å².